The molecule has 15 nitrogen and oxygen atoms in total. The second kappa shape index (κ2) is 14.0. The van der Waals surface area contributed by atoms with Crippen LogP contribution in [0.4, 0.5) is 4.79 Å². The standard InChI is InChI=1S/C38H40N6O9S/c45-33-29-19-24(52-34-32(39-26-12-7-8-13-27(26)40-34)31-18-22-10-6-9-15-30(22)53-31)21-44(29)35(46)28(41-37(48)49)14-5-3-1-2-4-11-23-20-38(23,42-33)36(47)43-54(50,51)25-16-17-25/h4,6-13,15,18,23-25,28-29,41H,1-3,5,14,16-17,19-21H2,(H,42,45)(H,43,47)(H,48,49)/t23-,24-,28+,29+,38-/m1/s1. The predicted molar refractivity (Wildman–Crippen MR) is 196 cm³/mol. The number of benzene rings is 2. The van der Waals surface area contributed by atoms with Gasteiger partial charge in [0.2, 0.25) is 27.7 Å². The molecule has 0 radical (unpaired) electrons. The van der Waals surface area contributed by atoms with Gasteiger partial charge >= 0.3 is 6.09 Å². The molecular weight excluding hydrogens is 717 g/mol. The first-order valence-corrected chi connectivity index (χ1v) is 19.8. The molecule has 4 heterocycles. The lowest BCUT2D eigenvalue weighted by Gasteiger charge is -2.29. The first kappa shape index (κ1) is 35.5. The molecule has 2 aliphatic heterocycles. The Hall–Kier alpha value is -5.51. The highest BCUT2D eigenvalue weighted by Crippen LogP contribution is 2.46. The molecular formula is C38H40N6O9S. The van der Waals surface area contributed by atoms with E-state index in [1.54, 1.807) is 6.07 Å². The van der Waals surface area contributed by atoms with Gasteiger partial charge in [-0.15, -0.1) is 0 Å². The van der Waals surface area contributed by atoms with Gasteiger partial charge in [-0.25, -0.2) is 23.2 Å². The Balaban J connectivity index is 1.13. The first-order chi connectivity index (χ1) is 26.0. The quantitative estimate of drug-likeness (QED) is 0.198. The van der Waals surface area contributed by atoms with Crippen LogP contribution in [0.5, 0.6) is 5.88 Å². The normalized spacial score (nSPS) is 26.3. The van der Waals surface area contributed by atoms with E-state index in [9.17, 15) is 32.7 Å². The van der Waals surface area contributed by atoms with Crippen molar-refractivity contribution in [2.45, 2.75) is 86.8 Å². The van der Waals surface area contributed by atoms with Crippen LogP contribution < -0.4 is 20.1 Å². The monoisotopic (exact) mass is 756 g/mol. The Morgan fingerprint density at radius 2 is 1.76 bits per heavy atom. The molecule has 16 heteroatoms. The molecule has 5 atom stereocenters. The topological polar surface area (TPSA) is 210 Å². The van der Waals surface area contributed by atoms with E-state index in [0.29, 0.717) is 60.2 Å². The summed E-state index contributed by atoms with van der Waals surface area (Å²) in [6, 6.07) is 14.2. The molecule has 2 aliphatic carbocycles. The number of hydrogen-bond donors (Lipinski definition) is 4. The first-order valence-electron chi connectivity index (χ1n) is 18.3. The van der Waals surface area contributed by atoms with Crippen LogP contribution in [0, 0.1) is 5.92 Å². The molecule has 2 saturated carbocycles. The number of rotatable bonds is 7. The highest BCUT2D eigenvalue weighted by atomic mass is 32.2. The Morgan fingerprint density at radius 1 is 1.00 bits per heavy atom. The summed E-state index contributed by atoms with van der Waals surface area (Å²) in [7, 11) is -3.91. The summed E-state index contributed by atoms with van der Waals surface area (Å²) < 4.78 is 40.5. The molecule has 0 bridgehead atoms. The lowest BCUT2D eigenvalue weighted by Crippen LogP contribution is -2.58. The van der Waals surface area contributed by atoms with Crippen molar-refractivity contribution in [2.24, 2.45) is 5.92 Å². The minimum atomic E-state index is -3.91. The Morgan fingerprint density at radius 3 is 2.52 bits per heavy atom. The molecule has 0 unspecified atom stereocenters. The molecule has 282 valence electrons. The second-order valence-electron chi connectivity index (χ2n) is 14.5. The van der Waals surface area contributed by atoms with E-state index >= 15 is 0 Å². The van der Waals surface area contributed by atoms with Crippen molar-refractivity contribution in [1.82, 2.24) is 30.2 Å². The number of carbonyl (C=O) groups excluding carboxylic acids is 3. The Labute approximate surface area is 310 Å². The van der Waals surface area contributed by atoms with Gasteiger partial charge in [-0.05, 0) is 62.8 Å². The largest absolute Gasteiger partial charge is 0.471 e. The lowest BCUT2D eigenvalue weighted by atomic mass is 10.1. The van der Waals surface area contributed by atoms with Crippen molar-refractivity contribution in [3.05, 3.63) is 66.7 Å². The number of furan rings is 1. The summed E-state index contributed by atoms with van der Waals surface area (Å²) in [5, 5.41) is 15.0. The molecule has 4 aliphatic rings. The molecule has 54 heavy (non-hydrogen) atoms. The zero-order chi connectivity index (χ0) is 37.6. The van der Waals surface area contributed by atoms with Crippen LogP contribution in [0.2, 0.25) is 0 Å². The van der Waals surface area contributed by atoms with Crippen LogP contribution in [0.3, 0.4) is 0 Å². The number of para-hydroxylation sites is 3. The van der Waals surface area contributed by atoms with Crippen LogP contribution in [0.15, 0.2) is 71.2 Å². The Kier molecular flexibility index (Phi) is 9.24. The lowest BCUT2D eigenvalue weighted by molar-refractivity contribution is -0.141. The van der Waals surface area contributed by atoms with E-state index in [4.69, 9.17) is 19.1 Å². The number of ether oxygens (including phenoxy) is 1. The third-order valence-corrected chi connectivity index (χ3v) is 12.4. The summed E-state index contributed by atoms with van der Waals surface area (Å²) >= 11 is 0. The van der Waals surface area contributed by atoms with Crippen molar-refractivity contribution in [3.8, 4) is 17.3 Å². The molecule has 4 N–H and O–H groups in total. The second-order valence-corrected chi connectivity index (χ2v) is 16.5. The number of carboxylic acid groups (broad SMARTS) is 1. The van der Waals surface area contributed by atoms with Crippen molar-refractivity contribution in [1.29, 1.82) is 0 Å². The summed E-state index contributed by atoms with van der Waals surface area (Å²) in [4.78, 5) is 65.0. The number of nitrogens with one attached hydrogen (secondary N) is 3. The van der Waals surface area contributed by atoms with Crippen LogP contribution in [-0.2, 0) is 24.4 Å². The molecule has 1 saturated heterocycles. The third-order valence-electron chi connectivity index (χ3n) is 10.6. The van der Waals surface area contributed by atoms with Crippen LogP contribution in [0.25, 0.3) is 33.5 Å². The maximum absolute atomic E-state index is 14.3. The molecule has 2 aromatic carbocycles. The summed E-state index contributed by atoms with van der Waals surface area (Å²) in [6.07, 6.45) is 5.49. The van der Waals surface area contributed by atoms with Crippen molar-refractivity contribution < 1.29 is 41.9 Å². The van der Waals surface area contributed by atoms with Gasteiger partial charge in [0.15, 0.2) is 11.5 Å². The number of nitrogens with zero attached hydrogens (tertiary/aromatic N) is 3. The van der Waals surface area contributed by atoms with E-state index < -0.39 is 68.7 Å². The molecule has 0 spiro atoms. The molecule has 4 amide bonds. The minimum absolute atomic E-state index is 0.0377. The van der Waals surface area contributed by atoms with Gasteiger partial charge in [0.25, 0.3) is 5.91 Å². The highest BCUT2D eigenvalue weighted by molar-refractivity contribution is 7.91. The smallest absolute Gasteiger partial charge is 0.405 e. The van der Waals surface area contributed by atoms with Crippen LogP contribution in [0.1, 0.15) is 57.8 Å². The van der Waals surface area contributed by atoms with Gasteiger partial charge < -0.3 is 29.8 Å². The van der Waals surface area contributed by atoms with E-state index in [-0.39, 0.29) is 31.7 Å². The van der Waals surface area contributed by atoms with Crippen molar-refractivity contribution in [2.75, 3.05) is 6.54 Å². The average Bonchev–Trinajstić information content (AvgIpc) is 4.03. The predicted octanol–water partition coefficient (Wildman–Crippen LogP) is 4.03. The van der Waals surface area contributed by atoms with Crippen molar-refractivity contribution in [3.63, 3.8) is 0 Å². The fourth-order valence-corrected chi connectivity index (χ4v) is 8.84. The molecule has 3 fully saturated rings. The minimum Gasteiger partial charge on any atom is -0.471 e. The highest BCUT2D eigenvalue weighted by Gasteiger charge is 2.62. The maximum Gasteiger partial charge on any atom is 0.405 e. The fraction of sp³-hybridized carbons (Fsp3) is 0.421. The van der Waals surface area contributed by atoms with Gasteiger partial charge in [0, 0.05) is 17.7 Å². The van der Waals surface area contributed by atoms with Gasteiger partial charge in [0.05, 0.1) is 22.8 Å². The van der Waals surface area contributed by atoms with Gasteiger partial charge in [0.1, 0.15) is 29.3 Å². The van der Waals surface area contributed by atoms with Crippen LogP contribution in [-0.4, -0.2) is 87.7 Å². The van der Waals surface area contributed by atoms with E-state index in [0.717, 1.165) is 11.8 Å². The van der Waals surface area contributed by atoms with Crippen LogP contribution >= 0.6 is 0 Å². The zero-order valence-electron chi connectivity index (χ0n) is 29.3. The number of aromatic nitrogens is 2. The number of carbonyl (C=O) groups is 4. The fourth-order valence-electron chi connectivity index (χ4n) is 7.48. The number of fused-ring (bicyclic) bond motifs is 4. The average molecular weight is 757 g/mol. The number of amides is 4. The third kappa shape index (κ3) is 7.09. The Bertz CT molecular complexity index is 2260. The van der Waals surface area contributed by atoms with E-state index in [2.05, 4.69) is 15.4 Å². The number of hydrogen-bond acceptors (Lipinski definition) is 10. The maximum atomic E-state index is 14.3. The molecule has 4 aromatic rings. The summed E-state index contributed by atoms with van der Waals surface area (Å²) in [6.45, 7) is -0.110. The van der Waals surface area contributed by atoms with E-state index in [1.165, 1.54) is 4.90 Å². The zero-order valence-corrected chi connectivity index (χ0v) is 30.1. The molecule has 8 rings (SSSR count). The van der Waals surface area contributed by atoms with Gasteiger partial charge in [-0.1, -0.05) is 55.3 Å². The van der Waals surface area contributed by atoms with Gasteiger partial charge in [-0.3, -0.25) is 19.1 Å². The molecule has 2 aromatic heterocycles. The summed E-state index contributed by atoms with van der Waals surface area (Å²) in [5.74, 6) is -2.06. The SMILES string of the molecule is O=C(O)N[C@H]1CCCCCC=C[C@@H]2C[C@@]2(C(=O)NS(=O)(=O)C2CC2)NC(=O)[C@@H]2C[C@@H](Oc3nc4ccccc4nc3-c3cc4ccccc4o3)CN2C1=O. The number of sulfonamides is 1. The van der Waals surface area contributed by atoms with Gasteiger partial charge in [-0.2, -0.15) is 0 Å². The van der Waals surface area contributed by atoms with Crippen molar-refractivity contribution >= 4 is 55.8 Å². The summed E-state index contributed by atoms with van der Waals surface area (Å²) in [5.41, 5.74) is 0.546. The van der Waals surface area contributed by atoms with E-state index in [1.807, 2.05) is 60.7 Å². The number of allylic oxidation sites excluding steroid dienone is 1.